The van der Waals surface area contributed by atoms with E-state index in [1.807, 2.05) is 13.8 Å². The maximum Gasteiger partial charge on any atom is 0.220 e. The molecule has 0 aromatic rings. The lowest BCUT2D eigenvalue weighted by atomic mass is 9.44. The van der Waals surface area contributed by atoms with E-state index in [-0.39, 0.29) is 0 Å². The zero-order valence-electron chi connectivity index (χ0n) is 24.3. The first-order chi connectivity index (χ1) is 16.2. The first-order valence-corrected chi connectivity index (χ1v) is 15.8. The number of amides is 1. The van der Waals surface area contributed by atoms with Crippen molar-refractivity contribution in [1.29, 1.82) is 0 Å². The van der Waals surface area contributed by atoms with Gasteiger partial charge in [-0.1, -0.05) is 81.1 Å². The molecule has 1 heterocycles. The summed E-state index contributed by atoms with van der Waals surface area (Å²) in [5, 5.41) is 3.45. The van der Waals surface area contributed by atoms with Crippen LogP contribution in [0.5, 0.6) is 0 Å². The second-order valence-electron chi connectivity index (χ2n) is 12.9. The van der Waals surface area contributed by atoms with E-state index < -0.39 is 0 Å². The third-order valence-corrected chi connectivity index (χ3v) is 11.0. The van der Waals surface area contributed by atoms with E-state index in [2.05, 4.69) is 59.5 Å². The monoisotopic (exact) mass is 493 g/mol. The molecule has 3 saturated carbocycles. The fourth-order valence-electron chi connectivity index (χ4n) is 9.31. The number of hydrogen-bond donors (Lipinski definition) is 2. The van der Waals surface area contributed by atoms with Gasteiger partial charge in [-0.2, -0.15) is 12.6 Å². The Morgan fingerprint density at radius 1 is 0.971 bits per heavy atom. The van der Waals surface area contributed by atoms with E-state index in [0.29, 0.717) is 22.8 Å². The minimum Gasteiger partial charge on any atom is -0.353 e. The fraction of sp³-hybridized carbons (Fsp3) is 0.968. The van der Waals surface area contributed by atoms with E-state index >= 15 is 0 Å². The number of carbonyl (C=O) groups excluding carboxylic acids is 1. The highest BCUT2D eigenvalue weighted by atomic mass is 32.1. The number of hydrogen-bond acceptors (Lipinski definition) is 2. The van der Waals surface area contributed by atoms with Gasteiger partial charge in [-0.15, -0.1) is 0 Å². The van der Waals surface area contributed by atoms with Crippen LogP contribution in [-0.2, 0) is 4.79 Å². The van der Waals surface area contributed by atoms with Crippen molar-refractivity contribution in [3.8, 4) is 0 Å². The zero-order valence-corrected chi connectivity index (χ0v) is 25.1. The number of rotatable bonds is 6. The van der Waals surface area contributed by atoms with Crippen molar-refractivity contribution in [3.63, 3.8) is 0 Å². The van der Waals surface area contributed by atoms with Crippen molar-refractivity contribution >= 4 is 18.5 Å². The van der Waals surface area contributed by atoms with Crippen molar-refractivity contribution in [3.05, 3.63) is 0 Å². The molecule has 3 heteroatoms. The Hall–Kier alpha value is -0.180. The summed E-state index contributed by atoms with van der Waals surface area (Å²) in [6.07, 6.45) is 16.1. The summed E-state index contributed by atoms with van der Waals surface area (Å²) in [5.74, 6) is 6.44. The largest absolute Gasteiger partial charge is 0.353 e. The predicted molar refractivity (Wildman–Crippen MR) is 152 cm³/mol. The summed E-state index contributed by atoms with van der Waals surface area (Å²) in [7, 11) is 0. The Bertz CT molecular complexity index is 635. The van der Waals surface area contributed by atoms with Crippen LogP contribution in [0.3, 0.4) is 0 Å². The van der Waals surface area contributed by atoms with Crippen LogP contribution in [-0.4, -0.2) is 18.2 Å². The molecule has 0 bridgehead atoms. The predicted octanol–water partition coefficient (Wildman–Crippen LogP) is 8.79. The van der Waals surface area contributed by atoms with Gasteiger partial charge in [0.05, 0.1) is 0 Å². The Labute approximate surface area is 219 Å². The van der Waals surface area contributed by atoms with Gasteiger partial charge in [0.2, 0.25) is 5.91 Å². The van der Waals surface area contributed by atoms with Crippen LogP contribution in [0.1, 0.15) is 126 Å². The SMILES string of the molecule is CC.CCC1CC2NC(=O)CCC2(C)C2CCC3(C)C(C(C)CCCC(C)C)CCC3C12.CS. The first kappa shape index (κ1) is 30.0. The summed E-state index contributed by atoms with van der Waals surface area (Å²) >= 11 is 3.53. The van der Waals surface area contributed by atoms with Crippen molar-refractivity contribution in [1.82, 2.24) is 5.32 Å². The lowest BCUT2D eigenvalue weighted by Crippen LogP contribution is -2.63. The average molecular weight is 494 g/mol. The second-order valence-corrected chi connectivity index (χ2v) is 12.9. The lowest BCUT2D eigenvalue weighted by molar-refractivity contribution is -0.146. The highest BCUT2D eigenvalue weighted by molar-refractivity contribution is 7.79. The summed E-state index contributed by atoms with van der Waals surface area (Å²) in [6.45, 7) is 19.0. The number of thiol groups is 1. The van der Waals surface area contributed by atoms with Gasteiger partial charge in [0.1, 0.15) is 0 Å². The Morgan fingerprint density at radius 2 is 1.62 bits per heavy atom. The minimum absolute atomic E-state index is 0.308. The van der Waals surface area contributed by atoms with Crippen LogP contribution in [0.25, 0.3) is 0 Å². The van der Waals surface area contributed by atoms with Crippen molar-refractivity contribution in [2.45, 2.75) is 132 Å². The quantitative estimate of drug-likeness (QED) is 0.356. The molecule has 2 nitrogen and oxygen atoms in total. The average Bonchev–Trinajstić information content (AvgIpc) is 3.18. The van der Waals surface area contributed by atoms with Crippen LogP contribution in [0.15, 0.2) is 0 Å². The number of nitrogens with one attached hydrogen (secondary N) is 1. The Kier molecular flexibility index (Phi) is 11.4. The molecule has 4 fully saturated rings. The molecule has 3 aliphatic carbocycles. The molecule has 1 aliphatic heterocycles. The van der Waals surface area contributed by atoms with Crippen LogP contribution in [0.4, 0.5) is 0 Å². The van der Waals surface area contributed by atoms with Gasteiger partial charge in [-0.05, 0) is 97.0 Å². The van der Waals surface area contributed by atoms with E-state index in [0.717, 1.165) is 54.3 Å². The Balaban J connectivity index is 0.000000970. The Morgan fingerprint density at radius 3 is 2.24 bits per heavy atom. The van der Waals surface area contributed by atoms with Crippen LogP contribution in [0, 0.1) is 52.3 Å². The van der Waals surface area contributed by atoms with Gasteiger partial charge >= 0.3 is 0 Å². The van der Waals surface area contributed by atoms with Gasteiger partial charge in [0.25, 0.3) is 0 Å². The van der Waals surface area contributed by atoms with E-state index in [9.17, 15) is 4.79 Å². The van der Waals surface area contributed by atoms with E-state index in [1.165, 1.54) is 57.8 Å². The third kappa shape index (κ3) is 5.70. The van der Waals surface area contributed by atoms with Crippen molar-refractivity contribution in [2.75, 3.05) is 6.26 Å². The molecular formula is C31H59NOS. The first-order valence-electron chi connectivity index (χ1n) is 14.9. The van der Waals surface area contributed by atoms with Gasteiger partial charge in [0.15, 0.2) is 0 Å². The number of carbonyl (C=O) groups is 1. The molecule has 9 unspecified atom stereocenters. The molecule has 1 N–H and O–H groups in total. The van der Waals surface area contributed by atoms with E-state index in [1.54, 1.807) is 6.26 Å². The standard InChI is InChI=1S/C28H49NO.C2H6.CH4S/c1-7-20-17-24-28(6,16-14-25(30)29-24)23-13-15-27(5)21(11-12-22(27)26(20)23)19(4)10-8-9-18(2)3;2*1-2/h18-24,26H,7-17H2,1-6H3,(H,29,30);1-2H3;2H,1H3. The number of fused-ring (bicyclic) bond motifs is 5. The second kappa shape index (κ2) is 12.9. The molecule has 4 rings (SSSR count). The van der Waals surface area contributed by atoms with Crippen LogP contribution in [0.2, 0.25) is 0 Å². The lowest BCUT2D eigenvalue weighted by Gasteiger charge is -2.63. The van der Waals surface area contributed by atoms with Crippen LogP contribution >= 0.6 is 12.6 Å². The molecule has 0 spiro atoms. The third-order valence-electron chi connectivity index (χ3n) is 11.0. The maximum atomic E-state index is 12.2. The molecule has 0 aromatic carbocycles. The van der Waals surface area contributed by atoms with Gasteiger partial charge in [-0.3, -0.25) is 4.79 Å². The van der Waals surface area contributed by atoms with Crippen molar-refractivity contribution < 1.29 is 4.79 Å². The number of piperidine rings is 1. The van der Waals surface area contributed by atoms with Gasteiger partial charge in [0, 0.05) is 12.5 Å². The normalized spacial score (nSPS) is 41.6. The summed E-state index contributed by atoms with van der Waals surface area (Å²) < 4.78 is 0. The summed E-state index contributed by atoms with van der Waals surface area (Å²) in [5.41, 5.74) is 0.902. The fourth-order valence-corrected chi connectivity index (χ4v) is 9.31. The molecule has 4 aliphatic rings. The molecule has 0 aromatic heterocycles. The molecular weight excluding hydrogens is 434 g/mol. The molecule has 200 valence electrons. The molecule has 34 heavy (non-hydrogen) atoms. The summed E-state index contributed by atoms with van der Waals surface area (Å²) in [4.78, 5) is 12.2. The summed E-state index contributed by atoms with van der Waals surface area (Å²) in [6, 6.07) is 0.432. The van der Waals surface area contributed by atoms with Crippen LogP contribution < -0.4 is 5.32 Å². The maximum absolute atomic E-state index is 12.2. The van der Waals surface area contributed by atoms with Crippen molar-refractivity contribution in [2.24, 2.45) is 52.3 Å². The minimum atomic E-state index is 0.308. The van der Waals surface area contributed by atoms with Gasteiger partial charge < -0.3 is 5.32 Å². The smallest absolute Gasteiger partial charge is 0.220 e. The van der Waals surface area contributed by atoms with Gasteiger partial charge in [-0.25, -0.2) is 0 Å². The van der Waals surface area contributed by atoms with E-state index in [4.69, 9.17) is 0 Å². The molecule has 0 radical (unpaired) electrons. The molecule has 1 saturated heterocycles. The topological polar surface area (TPSA) is 29.1 Å². The highest BCUT2D eigenvalue weighted by Crippen LogP contribution is 2.68. The highest BCUT2D eigenvalue weighted by Gasteiger charge is 2.62. The zero-order chi connectivity index (χ0) is 25.7. The molecule has 1 amide bonds. The molecule has 9 atom stereocenters.